The van der Waals surface area contributed by atoms with Crippen molar-refractivity contribution in [1.29, 1.82) is 0 Å². The average molecular weight is 365 g/mol. The molecule has 0 radical (unpaired) electrons. The van der Waals surface area contributed by atoms with Gasteiger partial charge in [0.25, 0.3) is 5.91 Å². The maximum atomic E-state index is 13.0. The van der Waals surface area contributed by atoms with E-state index in [4.69, 9.17) is 8.94 Å². The van der Waals surface area contributed by atoms with Crippen LogP contribution in [0.25, 0.3) is 11.4 Å². The standard InChI is InChI=1S/C20H19N3O4/c1-12-18(19-16(24)7-5-8-17(19)26-12)20(25)23(2)11-13-10-15(22-27-13)14-6-3-4-9-21-14/h3-4,6,9-10H,5,7-8,11H2,1-2H3. The van der Waals surface area contributed by atoms with Crippen molar-refractivity contribution >= 4 is 11.7 Å². The van der Waals surface area contributed by atoms with Crippen LogP contribution in [0.4, 0.5) is 0 Å². The maximum Gasteiger partial charge on any atom is 0.258 e. The van der Waals surface area contributed by atoms with Crippen molar-refractivity contribution in [2.75, 3.05) is 7.05 Å². The first-order valence-electron chi connectivity index (χ1n) is 8.82. The van der Waals surface area contributed by atoms with Gasteiger partial charge in [0.05, 0.1) is 23.4 Å². The Morgan fingerprint density at radius 1 is 1.26 bits per heavy atom. The molecule has 27 heavy (non-hydrogen) atoms. The monoisotopic (exact) mass is 365 g/mol. The first kappa shape index (κ1) is 17.2. The largest absolute Gasteiger partial charge is 0.465 e. The van der Waals surface area contributed by atoms with Gasteiger partial charge in [-0.1, -0.05) is 11.2 Å². The molecule has 1 aliphatic carbocycles. The SMILES string of the molecule is Cc1oc2c(c1C(=O)N(C)Cc1cc(-c3ccccn3)no1)C(=O)CCC2. The van der Waals surface area contributed by atoms with Gasteiger partial charge in [-0.05, 0) is 25.5 Å². The average Bonchev–Trinajstić information content (AvgIpc) is 3.26. The molecule has 3 aromatic heterocycles. The zero-order valence-corrected chi connectivity index (χ0v) is 15.2. The van der Waals surface area contributed by atoms with E-state index < -0.39 is 0 Å². The number of furan rings is 1. The van der Waals surface area contributed by atoms with Crippen LogP contribution in [-0.4, -0.2) is 33.8 Å². The minimum absolute atomic E-state index is 0.0260. The number of hydrogen-bond donors (Lipinski definition) is 0. The molecule has 0 fully saturated rings. The number of carbonyl (C=O) groups excluding carboxylic acids is 2. The van der Waals surface area contributed by atoms with Crippen molar-refractivity contribution in [3.8, 4) is 11.4 Å². The highest BCUT2D eigenvalue weighted by Crippen LogP contribution is 2.30. The molecular weight excluding hydrogens is 346 g/mol. The van der Waals surface area contributed by atoms with E-state index in [0.717, 1.165) is 6.42 Å². The fraction of sp³-hybridized carbons (Fsp3) is 0.300. The van der Waals surface area contributed by atoms with E-state index in [1.54, 1.807) is 26.2 Å². The van der Waals surface area contributed by atoms with E-state index in [1.165, 1.54) is 4.90 Å². The van der Waals surface area contributed by atoms with Gasteiger partial charge in [-0.25, -0.2) is 0 Å². The molecule has 0 saturated heterocycles. The van der Waals surface area contributed by atoms with Crippen LogP contribution in [0.3, 0.4) is 0 Å². The van der Waals surface area contributed by atoms with Crippen LogP contribution in [0.15, 0.2) is 39.4 Å². The van der Waals surface area contributed by atoms with E-state index in [-0.39, 0.29) is 18.2 Å². The molecule has 0 N–H and O–H groups in total. The lowest BCUT2D eigenvalue weighted by atomic mass is 9.93. The first-order valence-corrected chi connectivity index (χ1v) is 8.82. The van der Waals surface area contributed by atoms with Gasteiger partial charge in [-0.15, -0.1) is 0 Å². The van der Waals surface area contributed by atoms with E-state index in [1.807, 2.05) is 18.2 Å². The van der Waals surface area contributed by atoms with Gasteiger partial charge < -0.3 is 13.8 Å². The molecule has 7 nitrogen and oxygen atoms in total. The minimum Gasteiger partial charge on any atom is -0.465 e. The molecule has 1 amide bonds. The predicted octanol–water partition coefficient (Wildman–Crippen LogP) is 3.43. The maximum absolute atomic E-state index is 13.0. The van der Waals surface area contributed by atoms with Crippen molar-refractivity contribution in [3.63, 3.8) is 0 Å². The highest BCUT2D eigenvalue weighted by atomic mass is 16.5. The lowest BCUT2D eigenvalue weighted by Crippen LogP contribution is -2.28. The van der Waals surface area contributed by atoms with Gasteiger partial charge in [0.15, 0.2) is 11.5 Å². The smallest absolute Gasteiger partial charge is 0.258 e. The molecule has 0 aromatic carbocycles. The lowest BCUT2D eigenvalue weighted by Gasteiger charge is -2.16. The summed E-state index contributed by atoms with van der Waals surface area (Å²) in [4.78, 5) is 31.0. The zero-order chi connectivity index (χ0) is 19.0. The van der Waals surface area contributed by atoms with Gasteiger partial charge in [0.1, 0.15) is 17.2 Å². The van der Waals surface area contributed by atoms with Gasteiger partial charge in [-0.3, -0.25) is 14.6 Å². The van der Waals surface area contributed by atoms with Crippen LogP contribution < -0.4 is 0 Å². The second kappa shape index (κ2) is 6.83. The third-order valence-corrected chi connectivity index (χ3v) is 4.68. The Morgan fingerprint density at radius 3 is 2.89 bits per heavy atom. The number of amides is 1. The molecule has 1 aliphatic rings. The Kier molecular flexibility index (Phi) is 4.35. The molecule has 0 bridgehead atoms. The fourth-order valence-corrected chi connectivity index (χ4v) is 3.38. The molecule has 0 spiro atoms. The number of carbonyl (C=O) groups is 2. The van der Waals surface area contributed by atoms with Crippen LogP contribution in [0.1, 0.15) is 50.8 Å². The number of ketones is 1. The van der Waals surface area contributed by atoms with Gasteiger partial charge in [0, 0.05) is 32.2 Å². The van der Waals surface area contributed by atoms with E-state index in [0.29, 0.717) is 52.6 Å². The highest BCUT2D eigenvalue weighted by Gasteiger charge is 2.32. The number of pyridine rings is 1. The van der Waals surface area contributed by atoms with Crippen molar-refractivity contribution in [2.24, 2.45) is 0 Å². The summed E-state index contributed by atoms with van der Waals surface area (Å²) in [5.74, 6) is 1.36. The van der Waals surface area contributed by atoms with E-state index in [2.05, 4.69) is 10.1 Å². The van der Waals surface area contributed by atoms with Crippen LogP contribution >= 0.6 is 0 Å². The number of nitrogens with zero attached hydrogens (tertiary/aromatic N) is 3. The Balaban J connectivity index is 1.55. The molecule has 3 heterocycles. The second-order valence-corrected chi connectivity index (χ2v) is 6.66. The van der Waals surface area contributed by atoms with Crippen LogP contribution in [0.2, 0.25) is 0 Å². The Labute approximate surface area is 156 Å². The summed E-state index contributed by atoms with van der Waals surface area (Å²) in [7, 11) is 1.66. The number of fused-ring (bicyclic) bond motifs is 1. The third-order valence-electron chi connectivity index (χ3n) is 4.68. The molecule has 0 aliphatic heterocycles. The quantitative estimate of drug-likeness (QED) is 0.704. The molecule has 138 valence electrons. The summed E-state index contributed by atoms with van der Waals surface area (Å²) in [6.07, 6.45) is 3.58. The zero-order valence-electron chi connectivity index (χ0n) is 15.2. The van der Waals surface area contributed by atoms with Crippen molar-refractivity contribution in [3.05, 3.63) is 58.9 Å². The summed E-state index contributed by atoms with van der Waals surface area (Å²) in [6.45, 7) is 1.95. The molecule has 0 atom stereocenters. The summed E-state index contributed by atoms with van der Waals surface area (Å²) in [5, 5.41) is 4.01. The second-order valence-electron chi connectivity index (χ2n) is 6.66. The Bertz CT molecular complexity index is 1000. The fourth-order valence-electron chi connectivity index (χ4n) is 3.38. The van der Waals surface area contributed by atoms with Crippen LogP contribution in [-0.2, 0) is 13.0 Å². The Morgan fingerprint density at radius 2 is 2.11 bits per heavy atom. The Hall–Kier alpha value is -3.22. The van der Waals surface area contributed by atoms with E-state index >= 15 is 0 Å². The topological polar surface area (TPSA) is 89.4 Å². The normalized spacial score (nSPS) is 13.5. The van der Waals surface area contributed by atoms with Gasteiger partial charge in [-0.2, -0.15) is 0 Å². The molecule has 0 saturated carbocycles. The third kappa shape index (κ3) is 3.16. The predicted molar refractivity (Wildman–Crippen MR) is 96.2 cm³/mol. The molecule has 4 rings (SSSR count). The van der Waals surface area contributed by atoms with Crippen molar-refractivity contribution in [1.82, 2.24) is 15.0 Å². The van der Waals surface area contributed by atoms with Crippen molar-refractivity contribution in [2.45, 2.75) is 32.7 Å². The first-order chi connectivity index (χ1) is 13.0. The summed E-state index contributed by atoms with van der Waals surface area (Å²) >= 11 is 0. The van der Waals surface area contributed by atoms with Gasteiger partial charge in [0.2, 0.25) is 0 Å². The number of hydrogen-bond acceptors (Lipinski definition) is 6. The summed E-state index contributed by atoms with van der Waals surface area (Å²) in [5.41, 5.74) is 2.12. The van der Waals surface area contributed by atoms with Crippen LogP contribution in [0.5, 0.6) is 0 Å². The number of rotatable bonds is 4. The molecule has 0 unspecified atom stereocenters. The van der Waals surface area contributed by atoms with Gasteiger partial charge >= 0.3 is 0 Å². The van der Waals surface area contributed by atoms with E-state index in [9.17, 15) is 9.59 Å². The van der Waals surface area contributed by atoms with Crippen molar-refractivity contribution < 1.29 is 18.5 Å². The highest BCUT2D eigenvalue weighted by molar-refractivity contribution is 6.09. The molecular formula is C20H19N3O4. The number of aryl methyl sites for hydroxylation is 2. The minimum atomic E-state index is -0.261. The van der Waals surface area contributed by atoms with Crippen LogP contribution in [0, 0.1) is 6.92 Å². The number of aromatic nitrogens is 2. The number of Topliss-reactive ketones (excluding diaryl/α,β-unsaturated/α-hetero) is 1. The summed E-state index contributed by atoms with van der Waals surface area (Å²) in [6, 6.07) is 7.29. The summed E-state index contributed by atoms with van der Waals surface area (Å²) < 4.78 is 11.0. The molecule has 3 aromatic rings. The molecule has 7 heteroatoms. The lowest BCUT2D eigenvalue weighted by molar-refractivity contribution is 0.0765.